The van der Waals surface area contributed by atoms with Gasteiger partial charge in [-0.1, -0.05) is 139 Å². The van der Waals surface area contributed by atoms with Crippen molar-refractivity contribution in [2.75, 3.05) is 99.0 Å². The monoisotopic (exact) mass is 2060 g/mol. The van der Waals surface area contributed by atoms with Crippen molar-refractivity contribution in [2.24, 2.45) is 38.8 Å². The number of aromatic nitrogens is 1. The van der Waals surface area contributed by atoms with Crippen LogP contribution in [0.15, 0.2) is 70.9 Å². The summed E-state index contributed by atoms with van der Waals surface area (Å²) in [7, 11) is 1.38. The van der Waals surface area contributed by atoms with Crippen LogP contribution < -0.4 is 114 Å². The van der Waals surface area contributed by atoms with E-state index in [1.807, 2.05) is 31.2 Å². The fourth-order valence-electron chi connectivity index (χ4n) is 16.7. The quantitative estimate of drug-likeness (QED) is 0.0108. The summed E-state index contributed by atoms with van der Waals surface area (Å²) in [6.07, 6.45) is 14.8. The number of hydrazine groups is 2. The Labute approximate surface area is 848 Å². The van der Waals surface area contributed by atoms with Crippen LogP contribution in [0.1, 0.15) is 211 Å². The van der Waals surface area contributed by atoms with Gasteiger partial charge in [0.15, 0.2) is 18.5 Å². The van der Waals surface area contributed by atoms with E-state index in [1.165, 1.54) is 69.7 Å². The summed E-state index contributed by atoms with van der Waals surface area (Å²) >= 11 is 0. The molecule has 0 spiro atoms. The molecule has 11 unspecified atom stereocenters. The van der Waals surface area contributed by atoms with Gasteiger partial charge < -0.3 is 153 Å². The van der Waals surface area contributed by atoms with E-state index in [2.05, 4.69) is 101 Å². The molecule has 3 saturated heterocycles. The molecule has 7 rings (SSSR count). The van der Waals surface area contributed by atoms with Crippen molar-refractivity contribution in [3.05, 3.63) is 71.9 Å². The number of aliphatic imine (C=N–C) groups is 1. The lowest BCUT2D eigenvalue weighted by Crippen LogP contribution is -2.60. The first-order chi connectivity index (χ1) is 70.1. The number of amides is 16. The van der Waals surface area contributed by atoms with Crippen molar-refractivity contribution in [1.82, 2.24) is 100 Å². The van der Waals surface area contributed by atoms with Crippen LogP contribution in [0, 0.1) is 0 Å². The van der Waals surface area contributed by atoms with Crippen LogP contribution >= 0.6 is 0 Å². The highest BCUT2D eigenvalue weighted by Gasteiger charge is 2.43. The minimum Gasteiger partial charge on any atom is -0.394 e. The van der Waals surface area contributed by atoms with Crippen molar-refractivity contribution in [3.63, 3.8) is 0 Å². The minimum absolute atomic E-state index is 0.00276. The van der Waals surface area contributed by atoms with Crippen LogP contribution in [0.3, 0.4) is 0 Å². The van der Waals surface area contributed by atoms with Crippen LogP contribution in [0.25, 0.3) is 10.9 Å². The van der Waals surface area contributed by atoms with Crippen LogP contribution in [0.4, 0.5) is 0 Å². The van der Waals surface area contributed by atoms with Gasteiger partial charge in [-0.2, -0.15) is 0 Å². The molecule has 4 aliphatic rings. The molecule has 16 amide bonds. The van der Waals surface area contributed by atoms with Crippen LogP contribution in [-0.4, -0.2) is 342 Å². The Balaban J connectivity index is 0.000000465. The van der Waals surface area contributed by atoms with Crippen LogP contribution in [0.5, 0.6) is 0 Å². The lowest BCUT2D eigenvalue weighted by molar-refractivity contribution is -0.195. The zero-order chi connectivity index (χ0) is 107. The summed E-state index contributed by atoms with van der Waals surface area (Å²) in [6.45, 7) is -0.558. The first-order valence-electron chi connectivity index (χ1n) is 50.4. The van der Waals surface area contributed by atoms with Gasteiger partial charge in [-0.3, -0.25) is 92.0 Å². The van der Waals surface area contributed by atoms with E-state index in [4.69, 9.17) is 42.9 Å². The molecular formula is C95H156N26O25. The second-order valence-corrected chi connectivity index (χ2v) is 36.5. The Morgan fingerprint density at radius 2 is 1.19 bits per heavy atom. The largest absolute Gasteiger partial charge is 0.394 e. The summed E-state index contributed by atoms with van der Waals surface area (Å²) in [5, 5.41) is 98.1. The fraction of sp³-hybridized carbons (Fsp3) is 0.663. The van der Waals surface area contributed by atoms with Gasteiger partial charge in [-0.25, -0.2) is 5.53 Å². The molecule has 51 heteroatoms. The van der Waals surface area contributed by atoms with Gasteiger partial charge in [0.05, 0.1) is 57.8 Å². The summed E-state index contributed by atoms with van der Waals surface area (Å²) < 4.78 is 16.3. The zero-order valence-corrected chi connectivity index (χ0v) is 83.6. The zero-order valence-electron chi connectivity index (χ0n) is 83.6. The van der Waals surface area contributed by atoms with E-state index in [0.717, 1.165) is 53.7 Å². The fourth-order valence-corrected chi connectivity index (χ4v) is 16.7. The van der Waals surface area contributed by atoms with Crippen molar-refractivity contribution in [3.8, 4) is 0 Å². The van der Waals surface area contributed by atoms with Crippen LogP contribution in [0.2, 0.25) is 0 Å². The topological polar surface area (TPSA) is 792 Å². The molecule has 0 saturated carbocycles. The first-order valence-corrected chi connectivity index (χ1v) is 50.4. The van der Waals surface area contributed by atoms with Gasteiger partial charge >= 0.3 is 0 Å². The molecule has 0 radical (unpaired) electrons. The van der Waals surface area contributed by atoms with Crippen molar-refractivity contribution in [2.45, 2.75) is 304 Å². The van der Waals surface area contributed by atoms with E-state index in [1.54, 1.807) is 36.5 Å². The molecule has 0 bridgehead atoms. The number of rotatable bonds is 58. The molecule has 3 fully saturated rings. The number of hydrogen-bond acceptors (Lipinski definition) is 32. The third-order valence-corrected chi connectivity index (χ3v) is 24.6. The van der Waals surface area contributed by atoms with E-state index in [0.29, 0.717) is 49.8 Å². The number of carbonyl (C=O) groups excluding carboxylic acids is 16. The van der Waals surface area contributed by atoms with Gasteiger partial charge in [0.2, 0.25) is 94.5 Å². The number of hydrogen-bond donors (Lipinski definition) is 28. The summed E-state index contributed by atoms with van der Waals surface area (Å²) in [4.78, 5) is 222. The Bertz CT molecular complexity index is 4650. The molecule has 146 heavy (non-hydrogen) atoms. The number of H-pyrrole nitrogens is 1. The van der Waals surface area contributed by atoms with Gasteiger partial charge in [0.25, 0.3) is 0 Å². The summed E-state index contributed by atoms with van der Waals surface area (Å²) in [6, 6.07) is 1.28. The number of nitrogens with two attached hydrogens (primary N) is 5. The molecule has 51 nitrogen and oxygen atoms in total. The predicted molar refractivity (Wildman–Crippen MR) is 534 cm³/mol. The number of benzene rings is 2. The lowest BCUT2D eigenvalue weighted by Gasteiger charge is -2.36. The number of aliphatic hydroxyl groups is 6. The van der Waals surface area contributed by atoms with Gasteiger partial charge in [-0.05, 0) is 94.2 Å². The Kier molecular flexibility index (Phi) is 57.6. The Morgan fingerprint density at radius 1 is 0.596 bits per heavy atom. The molecule has 1 aromatic heterocycles. The number of likely N-dealkylation sites (N-methyl/N-ethyl adjacent to an activating group) is 1. The van der Waals surface area contributed by atoms with Gasteiger partial charge in [-0.15, -0.1) is 10.6 Å². The third-order valence-electron chi connectivity index (χ3n) is 24.6. The second kappa shape index (κ2) is 68.8. The molecule has 3 aromatic rings. The van der Waals surface area contributed by atoms with Crippen LogP contribution in [-0.2, 0) is 104 Å². The normalized spacial score (nSPS) is 20.4. The first kappa shape index (κ1) is 122. The number of ether oxygens (including phenoxy) is 3. The molecule has 0 aliphatic carbocycles. The molecule has 14 atom stereocenters. The molecule has 816 valence electrons. The average Bonchev–Trinajstić information content (AvgIpc) is 1.68. The highest BCUT2D eigenvalue weighted by atomic mass is 16.6. The standard InChI is InChI=1S/C53H98N14O17.C42H58N12O8/c1-3-4-18-37(49(77)55-2)59-50(78)38(22-21-36-30-67(31-47(74)75)32-48(76)84-36)60-53(81)41(34-69)62-51(79)39(23-24-42(54)70)61-52(80)40(33-68)58-45(72)29-57-46(73)35-83-28-27-82-26-25-56-44(71)20-17-15-13-11-9-7-5-6-8-10-12-14-16-19-43-63-65-66-64-43;43-28-15-16-35(56)47-17-7-6-13-30(36(44)57)50-39(60)33(20-25-22-49-29-12-5-4-11-27(25)29)52-37(58)31(14-8-18-48-42(45)46)51-38(59)32(19-24-9-2-1-3-10-24)53-40(61)34-21-26(55)23-54(34)41(28)62/h36-41,47-48,65-66,68-69,74-76H,3-35H2,1-2H3,(H2,54,70)(H,55,77)(H,56,71)(H,57,73)(H,58,72)(H,59,78)(H,60,81)(H,61,80)(H,62,79)(H,63,64);1-5,9-12,22,26,28,30-34,49,55H,6-8,13-21,23,43H2,(H2,44,57)(H,47,56)(H,50,60)(H,51,59)(H,52,58)(H,53,61)(H4,45,46,48)/t;26-,28?,30?,31?,32-,33?,34+/m.1/s1. The number of nitrogens with one attached hydrogen (secondary N) is 17. The van der Waals surface area contributed by atoms with Gasteiger partial charge in [0.1, 0.15) is 72.9 Å². The van der Waals surface area contributed by atoms with E-state index in [9.17, 15) is 107 Å². The van der Waals surface area contributed by atoms with Crippen molar-refractivity contribution < 1.29 is 122 Å². The molecule has 5 heterocycles. The average molecular weight is 2060 g/mol. The number of guanidine groups is 1. The number of carbonyl (C=O) groups is 16. The smallest absolute Gasteiger partial charge is 0.246 e. The number of morpholine rings is 1. The SMILES string of the molecule is CCCCC(NC(=O)C(CCC1CN(CC(O)O)CC(O)O1)NC(=O)C(CO)NC(=O)C(CCC(N)=O)NC(=O)C(CO)NC(=O)CNC(=O)COCCOCCNC(=O)CCCCCCCCCCCCCCCC1=NNNN1)C(=O)NC.NC(=O)C1CCCCNC(=O)CCC(N)C(=O)N2C[C@H](O)C[C@H]2C(=O)N[C@H](Cc2ccccc2)C(=O)NC(CCCN=C(N)N)C(=O)NC(Cc2c[nH]c3ccccc23)C(=O)N1. The summed E-state index contributed by atoms with van der Waals surface area (Å²) in [5.41, 5.74) is 38.9. The maximum Gasteiger partial charge on any atom is 0.246 e. The number of fused-ring (bicyclic) bond motifs is 2. The van der Waals surface area contributed by atoms with Crippen molar-refractivity contribution >= 4 is 117 Å². The maximum atomic E-state index is 14.4. The second-order valence-electron chi connectivity index (χ2n) is 36.5. The predicted octanol–water partition coefficient (Wildman–Crippen LogP) is -6.45. The highest BCUT2D eigenvalue weighted by molar-refractivity contribution is 6.00. The highest BCUT2D eigenvalue weighted by Crippen LogP contribution is 2.25. The number of amidine groups is 1. The Hall–Kier alpha value is -12.4. The number of nitrogens with zero attached hydrogens (tertiary/aromatic N) is 4. The molecule has 33 N–H and O–H groups in total. The van der Waals surface area contributed by atoms with Crippen molar-refractivity contribution in [1.29, 1.82) is 0 Å². The third kappa shape index (κ3) is 47.8. The maximum absolute atomic E-state index is 14.4. The van der Waals surface area contributed by atoms with E-state index >= 15 is 0 Å². The number of aromatic amines is 1. The molecule has 2 aromatic carbocycles. The number of unbranched alkanes of at least 4 members (excludes halogenated alkanes) is 13. The number of aliphatic hydroxyl groups excluding tert-OH is 5. The number of primary amides is 2. The summed E-state index contributed by atoms with van der Waals surface area (Å²) in [5.74, 6) is -11.2. The molecular weight excluding hydrogens is 1910 g/mol. The van der Waals surface area contributed by atoms with E-state index < -0.39 is 213 Å². The number of hydrazone groups is 1. The lowest BCUT2D eigenvalue weighted by atomic mass is 10.0. The van der Waals surface area contributed by atoms with E-state index in [-0.39, 0.29) is 147 Å². The Morgan fingerprint density at radius 3 is 1.83 bits per heavy atom. The molecule has 4 aliphatic heterocycles. The number of para-hydroxylation sites is 1. The van der Waals surface area contributed by atoms with Gasteiger partial charge in [0, 0.05) is 115 Å². The minimum atomic E-state index is -1.78. The number of β-amino-alcohol motifs (C(OH)–C–C–N with tert-alkyl or cyclic N) is 3.